The van der Waals surface area contributed by atoms with Crippen molar-refractivity contribution in [3.63, 3.8) is 0 Å². The summed E-state index contributed by atoms with van der Waals surface area (Å²) in [5, 5.41) is 10.5. The van der Waals surface area contributed by atoms with E-state index in [9.17, 15) is 22.7 Å². The molecule has 1 aromatic heterocycles. The van der Waals surface area contributed by atoms with E-state index < -0.39 is 17.7 Å². The van der Waals surface area contributed by atoms with Gasteiger partial charge in [0, 0.05) is 11.1 Å². The fourth-order valence-corrected chi connectivity index (χ4v) is 5.97. The molecular weight excluding hydrogens is 394 g/mol. The van der Waals surface area contributed by atoms with Crippen LogP contribution in [0.3, 0.4) is 0 Å². The highest BCUT2D eigenvalue weighted by Gasteiger charge is 2.54. The van der Waals surface area contributed by atoms with Crippen molar-refractivity contribution < 1.29 is 22.7 Å². The van der Waals surface area contributed by atoms with E-state index in [0.29, 0.717) is 16.8 Å². The maximum Gasteiger partial charge on any atom is 0.432 e. The number of hydrogen-bond acceptors (Lipinski definition) is 1. The normalized spacial score (nSPS) is 26.1. The van der Waals surface area contributed by atoms with Crippen LogP contribution < -0.4 is 0 Å². The molecule has 0 amide bonds. The van der Waals surface area contributed by atoms with Crippen LogP contribution in [-0.2, 0) is 6.18 Å². The Labute approximate surface area is 172 Å². The number of benzene rings is 2. The molecule has 3 aromatic rings. The summed E-state index contributed by atoms with van der Waals surface area (Å²) >= 11 is 0. The lowest BCUT2D eigenvalue weighted by Gasteiger charge is -2.57. The van der Waals surface area contributed by atoms with Gasteiger partial charge in [-0.1, -0.05) is 6.92 Å². The van der Waals surface area contributed by atoms with Crippen molar-refractivity contribution >= 4 is 10.9 Å². The second-order valence-electron chi connectivity index (χ2n) is 9.35. The molecule has 1 N–H and O–H groups in total. The number of hydrogen-bond donors (Lipinski definition) is 1. The van der Waals surface area contributed by atoms with E-state index in [1.54, 1.807) is 0 Å². The Hall–Kier alpha value is -2.50. The molecule has 2 aliphatic carbocycles. The van der Waals surface area contributed by atoms with Gasteiger partial charge < -0.3 is 9.67 Å². The zero-order valence-corrected chi connectivity index (χ0v) is 16.9. The SMILES string of the molecule is Cc1cc(-n2c(C(F)(F)F)c(C3CC4(CC(C)C4)C3)c3cc(O)ccc32)ccc1F. The van der Waals surface area contributed by atoms with E-state index in [2.05, 4.69) is 6.92 Å². The Bertz CT molecular complexity index is 1150. The van der Waals surface area contributed by atoms with Crippen LogP contribution in [0.2, 0.25) is 0 Å². The number of aromatic nitrogens is 1. The summed E-state index contributed by atoms with van der Waals surface area (Å²) in [5.41, 5.74) is 0.680. The summed E-state index contributed by atoms with van der Waals surface area (Å²) < 4.78 is 58.3. The molecule has 0 radical (unpaired) electrons. The Morgan fingerprint density at radius 2 is 1.73 bits per heavy atom. The van der Waals surface area contributed by atoms with Crippen molar-refractivity contribution in [3.8, 4) is 11.4 Å². The Morgan fingerprint density at radius 1 is 1.03 bits per heavy atom. The molecule has 0 aliphatic heterocycles. The average molecular weight is 417 g/mol. The van der Waals surface area contributed by atoms with Gasteiger partial charge in [0.25, 0.3) is 0 Å². The Kier molecular flexibility index (Phi) is 4.06. The van der Waals surface area contributed by atoms with Gasteiger partial charge in [0.2, 0.25) is 0 Å². The van der Waals surface area contributed by atoms with Gasteiger partial charge in [0.15, 0.2) is 0 Å². The molecule has 2 fully saturated rings. The largest absolute Gasteiger partial charge is 0.508 e. The molecule has 0 unspecified atom stereocenters. The predicted molar refractivity (Wildman–Crippen MR) is 107 cm³/mol. The first-order chi connectivity index (χ1) is 14.1. The third kappa shape index (κ3) is 2.83. The number of halogens is 4. The second kappa shape index (κ2) is 6.25. The first-order valence-electron chi connectivity index (χ1n) is 10.3. The number of phenolic OH excluding ortho intramolecular Hbond substituents is 1. The van der Waals surface area contributed by atoms with Crippen molar-refractivity contribution in [2.24, 2.45) is 11.3 Å². The third-order valence-electron chi connectivity index (χ3n) is 6.99. The zero-order chi connectivity index (χ0) is 21.4. The van der Waals surface area contributed by atoms with Crippen LogP contribution in [-0.4, -0.2) is 9.67 Å². The van der Waals surface area contributed by atoms with Crippen LogP contribution in [0, 0.1) is 24.1 Å². The molecule has 0 atom stereocenters. The predicted octanol–water partition coefficient (Wildman–Crippen LogP) is 7.10. The summed E-state index contributed by atoms with van der Waals surface area (Å²) in [4.78, 5) is 0. The fourth-order valence-electron chi connectivity index (χ4n) is 5.97. The fraction of sp³-hybridized carbons (Fsp3) is 0.417. The van der Waals surface area contributed by atoms with Gasteiger partial charge >= 0.3 is 6.18 Å². The Balaban J connectivity index is 1.74. The summed E-state index contributed by atoms with van der Waals surface area (Å²) in [5.74, 6) is -0.0697. The monoisotopic (exact) mass is 417 g/mol. The zero-order valence-electron chi connectivity index (χ0n) is 16.9. The smallest absolute Gasteiger partial charge is 0.432 e. The molecule has 2 aliphatic rings. The number of fused-ring (bicyclic) bond motifs is 1. The molecule has 1 heterocycles. The minimum atomic E-state index is -4.58. The quantitative estimate of drug-likeness (QED) is 0.442. The summed E-state index contributed by atoms with van der Waals surface area (Å²) in [6, 6.07) is 8.36. The van der Waals surface area contributed by atoms with Crippen LogP contribution in [0.5, 0.6) is 5.75 Å². The second-order valence-corrected chi connectivity index (χ2v) is 9.35. The van der Waals surface area contributed by atoms with E-state index in [-0.39, 0.29) is 33.9 Å². The topological polar surface area (TPSA) is 25.2 Å². The molecule has 6 heteroatoms. The van der Waals surface area contributed by atoms with Crippen molar-refractivity contribution in [1.82, 2.24) is 4.57 Å². The van der Waals surface area contributed by atoms with E-state index >= 15 is 0 Å². The standard InChI is InChI=1S/C24H23F4NO/c1-13-9-23(10-13)11-15(12-23)21-18-8-17(30)4-6-20(18)29(22(21)24(26,27)28)16-3-5-19(25)14(2)7-16/h3-8,13,15,30H,9-12H2,1-2H3. The molecule has 5 rings (SSSR count). The maximum atomic E-state index is 14.4. The van der Waals surface area contributed by atoms with Gasteiger partial charge in [-0.15, -0.1) is 0 Å². The molecular formula is C24H23F4NO. The lowest BCUT2D eigenvalue weighted by Crippen LogP contribution is -2.46. The first kappa shape index (κ1) is 19.5. The van der Waals surface area contributed by atoms with Crippen molar-refractivity contribution in [1.29, 1.82) is 0 Å². The average Bonchev–Trinajstić information content (AvgIpc) is 2.93. The number of nitrogens with zero attached hydrogens (tertiary/aromatic N) is 1. The molecule has 0 saturated heterocycles. The highest BCUT2D eigenvalue weighted by atomic mass is 19.4. The minimum absolute atomic E-state index is 0.0591. The lowest BCUT2D eigenvalue weighted by atomic mass is 9.47. The van der Waals surface area contributed by atoms with Crippen molar-refractivity contribution in [3.05, 3.63) is 59.0 Å². The van der Waals surface area contributed by atoms with Gasteiger partial charge in [0.1, 0.15) is 17.3 Å². The van der Waals surface area contributed by atoms with E-state index in [1.165, 1.54) is 47.9 Å². The third-order valence-corrected chi connectivity index (χ3v) is 6.99. The van der Waals surface area contributed by atoms with Gasteiger partial charge in [0.05, 0.1) is 5.52 Å². The van der Waals surface area contributed by atoms with Crippen molar-refractivity contribution in [2.75, 3.05) is 0 Å². The maximum absolute atomic E-state index is 14.4. The molecule has 2 saturated carbocycles. The molecule has 2 nitrogen and oxygen atoms in total. The number of phenols is 1. The molecule has 2 aromatic carbocycles. The number of aromatic hydroxyl groups is 1. The van der Waals surface area contributed by atoms with Crippen LogP contribution in [0.4, 0.5) is 17.6 Å². The Morgan fingerprint density at radius 3 is 2.33 bits per heavy atom. The van der Waals surface area contributed by atoms with Crippen LogP contribution in [0.1, 0.15) is 55.3 Å². The first-order valence-corrected chi connectivity index (χ1v) is 10.3. The highest BCUT2D eigenvalue weighted by molar-refractivity contribution is 5.89. The van der Waals surface area contributed by atoms with Gasteiger partial charge in [-0.3, -0.25) is 0 Å². The molecule has 0 bridgehead atoms. The van der Waals surface area contributed by atoms with Crippen LogP contribution in [0.25, 0.3) is 16.6 Å². The van der Waals surface area contributed by atoms with Gasteiger partial charge in [-0.25, -0.2) is 4.39 Å². The van der Waals surface area contributed by atoms with Crippen LogP contribution >= 0.6 is 0 Å². The van der Waals surface area contributed by atoms with Crippen molar-refractivity contribution in [2.45, 2.75) is 51.6 Å². The van der Waals surface area contributed by atoms with Gasteiger partial charge in [-0.05, 0) is 97.4 Å². The summed E-state index contributed by atoms with van der Waals surface area (Å²) in [7, 11) is 0. The summed E-state index contributed by atoms with van der Waals surface area (Å²) in [6.07, 6.45) is -0.936. The highest BCUT2D eigenvalue weighted by Crippen LogP contribution is 2.65. The lowest BCUT2D eigenvalue weighted by molar-refractivity contribution is -0.144. The van der Waals surface area contributed by atoms with Gasteiger partial charge in [-0.2, -0.15) is 13.2 Å². The van der Waals surface area contributed by atoms with E-state index in [1.807, 2.05) is 0 Å². The number of rotatable bonds is 2. The molecule has 158 valence electrons. The summed E-state index contributed by atoms with van der Waals surface area (Å²) in [6.45, 7) is 3.72. The number of alkyl halides is 3. The van der Waals surface area contributed by atoms with E-state index in [4.69, 9.17) is 0 Å². The number of aryl methyl sites for hydroxylation is 1. The molecule has 1 spiro atoms. The molecule has 30 heavy (non-hydrogen) atoms. The minimum Gasteiger partial charge on any atom is -0.508 e. The van der Waals surface area contributed by atoms with E-state index in [0.717, 1.165) is 25.7 Å². The van der Waals surface area contributed by atoms with Crippen LogP contribution in [0.15, 0.2) is 36.4 Å².